The Kier molecular flexibility index (Phi) is 7.97. The summed E-state index contributed by atoms with van der Waals surface area (Å²) in [5.74, 6) is -0.279. The van der Waals surface area contributed by atoms with Crippen LogP contribution in [0.3, 0.4) is 0 Å². The Morgan fingerprint density at radius 2 is 1.84 bits per heavy atom. The molecular weight excluding hydrogens is 411 g/mol. The largest absolute Gasteiger partial charge is 0.381 e. The number of rotatable bonds is 7. The molecule has 3 fully saturated rings. The lowest BCUT2D eigenvalue weighted by molar-refractivity contribution is -0.120. The van der Waals surface area contributed by atoms with Crippen LogP contribution in [-0.4, -0.2) is 55.7 Å². The molecule has 7 nitrogen and oxygen atoms in total. The van der Waals surface area contributed by atoms with Crippen LogP contribution in [0.1, 0.15) is 51.4 Å². The zero-order valence-corrected chi connectivity index (χ0v) is 18.7. The van der Waals surface area contributed by atoms with Gasteiger partial charge >= 0.3 is 6.03 Å². The SMILES string of the molecule is O=C(NC[C@H]([C@H]1CCOC1)N1CCCC1)Nc1ccc(F)c(NC(=O)C2CCCCC2)c1. The van der Waals surface area contributed by atoms with E-state index in [-0.39, 0.29) is 29.6 Å². The minimum Gasteiger partial charge on any atom is -0.381 e. The van der Waals surface area contributed by atoms with Gasteiger partial charge in [0.05, 0.1) is 12.3 Å². The third-order valence-corrected chi connectivity index (χ3v) is 7.05. The van der Waals surface area contributed by atoms with E-state index in [1.807, 2.05) is 0 Å². The highest BCUT2D eigenvalue weighted by molar-refractivity contribution is 5.94. The standard InChI is InChI=1S/C24H35FN4O3/c25-20-9-8-19(14-21(20)28-23(30)17-6-2-1-3-7-17)27-24(31)26-15-22(18-10-13-32-16-18)29-11-4-5-12-29/h8-9,14,17-18,22H,1-7,10-13,15-16H2,(H,28,30)(H2,26,27,31)/t18-,22+/m0/s1. The molecular formula is C24H35FN4O3. The van der Waals surface area contributed by atoms with Crippen molar-refractivity contribution in [2.45, 2.75) is 57.4 Å². The molecule has 1 saturated carbocycles. The fourth-order valence-corrected chi connectivity index (χ4v) is 5.19. The number of carbonyl (C=O) groups is 2. The van der Waals surface area contributed by atoms with E-state index < -0.39 is 5.82 Å². The third-order valence-electron chi connectivity index (χ3n) is 7.05. The minimum absolute atomic E-state index is 0.0647. The summed E-state index contributed by atoms with van der Waals surface area (Å²) in [6.45, 7) is 4.20. The molecule has 0 unspecified atom stereocenters. The second-order valence-corrected chi connectivity index (χ2v) is 9.29. The van der Waals surface area contributed by atoms with Crippen molar-refractivity contribution in [3.63, 3.8) is 0 Å². The molecule has 0 spiro atoms. The van der Waals surface area contributed by atoms with Crippen LogP contribution in [0.5, 0.6) is 0 Å². The van der Waals surface area contributed by atoms with Gasteiger partial charge in [-0.25, -0.2) is 9.18 Å². The number of halogens is 1. The molecule has 0 aromatic heterocycles. The van der Waals surface area contributed by atoms with Crippen LogP contribution in [0.2, 0.25) is 0 Å². The molecule has 2 aliphatic heterocycles. The summed E-state index contributed by atoms with van der Waals surface area (Å²) in [7, 11) is 0. The Labute approximate surface area is 189 Å². The highest BCUT2D eigenvalue weighted by Crippen LogP contribution is 2.27. The quantitative estimate of drug-likeness (QED) is 0.592. The molecule has 2 saturated heterocycles. The highest BCUT2D eigenvalue weighted by Gasteiger charge is 2.32. The van der Waals surface area contributed by atoms with Crippen LogP contribution in [0.25, 0.3) is 0 Å². The topological polar surface area (TPSA) is 82.7 Å². The second kappa shape index (κ2) is 11.1. The zero-order valence-electron chi connectivity index (χ0n) is 18.7. The molecule has 1 aromatic rings. The van der Waals surface area contributed by atoms with Crippen molar-refractivity contribution in [3.8, 4) is 0 Å². The molecule has 0 bridgehead atoms. The van der Waals surface area contributed by atoms with Crippen molar-refractivity contribution in [1.82, 2.24) is 10.2 Å². The number of nitrogens with zero attached hydrogens (tertiary/aromatic N) is 1. The average Bonchev–Trinajstić information content (AvgIpc) is 3.52. The molecule has 8 heteroatoms. The highest BCUT2D eigenvalue weighted by atomic mass is 19.1. The molecule has 1 aliphatic carbocycles. The third kappa shape index (κ3) is 5.98. The first-order valence-electron chi connectivity index (χ1n) is 12.1. The number of amides is 3. The fraction of sp³-hybridized carbons (Fsp3) is 0.667. The Balaban J connectivity index is 1.32. The maximum atomic E-state index is 14.3. The molecule has 2 atom stereocenters. The lowest BCUT2D eigenvalue weighted by atomic mass is 9.88. The minimum atomic E-state index is -0.504. The number of benzene rings is 1. The lowest BCUT2D eigenvalue weighted by Gasteiger charge is -2.32. The van der Waals surface area contributed by atoms with Gasteiger partial charge in [0, 0.05) is 36.7 Å². The number of urea groups is 1. The molecule has 176 valence electrons. The van der Waals surface area contributed by atoms with Gasteiger partial charge in [0.1, 0.15) is 5.82 Å². The number of likely N-dealkylation sites (tertiary alicyclic amines) is 1. The van der Waals surface area contributed by atoms with Crippen LogP contribution < -0.4 is 16.0 Å². The van der Waals surface area contributed by atoms with E-state index >= 15 is 0 Å². The predicted molar refractivity (Wildman–Crippen MR) is 122 cm³/mol. The summed E-state index contributed by atoms with van der Waals surface area (Å²) in [4.78, 5) is 27.5. The van der Waals surface area contributed by atoms with Gasteiger partial charge in [-0.05, 0) is 63.4 Å². The van der Waals surface area contributed by atoms with E-state index in [4.69, 9.17) is 4.74 Å². The summed E-state index contributed by atoms with van der Waals surface area (Å²) in [5.41, 5.74) is 0.557. The predicted octanol–water partition coefficient (Wildman–Crippen LogP) is 3.97. The summed E-state index contributed by atoms with van der Waals surface area (Å²) >= 11 is 0. The molecule has 3 amide bonds. The van der Waals surface area contributed by atoms with E-state index in [2.05, 4.69) is 20.9 Å². The summed E-state index contributed by atoms with van der Waals surface area (Å²) in [5, 5.41) is 8.48. The molecule has 3 aliphatic rings. The van der Waals surface area contributed by atoms with Gasteiger partial charge < -0.3 is 20.7 Å². The van der Waals surface area contributed by atoms with E-state index in [1.54, 1.807) is 0 Å². The van der Waals surface area contributed by atoms with Gasteiger partial charge in [-0.15, -0.1) is 0 Å². The van der Waals surface area contributed by atoms with Crippen molar-refractivity contribution in [3.05, 3.63) is 24.0 Å². The van der Waals surface area contributed by atoms with Crippen LogP contribution in [0, 0.1) is 17.7 Å². The summed E-state index contributed by atoms with van der Waals surface area (Å²) < 4.78 is 19.8. The maximum absolute atomic E-state index is 14.3. The molecule has 32 heavy (non-hydrogen) atoms. The number of hydrogen-bond donors (Lipinski definition) is 3. The Morgan fingerprint density at radius 1 is 1.06 bits per heavy atom. The second-order valence-electron chi connectivity index (χ2n) is 9.29. The van der Waals surface area contributed by atoms with Gasteiger partial charge in [0.15, 0.2) is 0 Å². The molecule has 3 N–H and O–H groups in total. The van der Waals surface area contributed by atoms with Crippen molar-refractivity contribution in [1.29, 1.82) is 0 Å². The summed E-state index contributed by atoms with van der Waals surface area (Å²) in [6.07, 6.45) is 8.32. The van der Waals surface area contributed by atoms with E-state index in [9.17, 15) is 14.0 Å². The zero-order chi connectivity index (χ0) is 22.3. The number of nitrogens with one attached hydrogen (secondary N) is 3. The number of anilines is 2. The van der Waals surface area contributed by atoms with Crippen LogP contribution in [0.4, 0.5) is 20.6 Å². The summed E-state index contributed by atoms with van der Waals surface area (Å²) in [6, 6.07) is 4.20. The molecule has 1 aromatic carbocycles. The Morgan fingerprint density at radius 3 is 2.56 bits per heavy atom. The first kappa shape index (κ1) is 23.0. The van der Waals surface area contributed by atoms with E-state index in [0.29, 0.717) is 18.2 Å². The van der Waals surface area contributed by atoms with Gasteiger partial charge in [-0.2, -0.15) is 0 Å². The fourth-order valence-electron chi connectivity index (χ4n) is 5.19. The smallest absolute Gasteiger partial charge is 0.319 e. The first-order chi connectivity index (χ1) is 15.6. The van der Waals surface area contributed by atoms with Gasteiger partial charge in [-0.1, -0.05) is 19.3 Å². The molecule has 4 rings (SSSR count). The van der Waals surface area contributed by atoms with Crippen molar-refractivity contribution >= 4 is 23.3 Å². The van der Waals surface area contributed by atoms with Gasteiger partial charge in [-0.3, -0.25) is 9.69 Å². The Hall–Kier alpha value is -2.19. The maximum Gasteiger partial charge on any atom is 0.319 e. The average molecular weight is 447 g/mol. The van der Waals surface area contributed by atoms with Crippen molar-refractivity contribution in [2.24, 2.45) is 11.8 Å². The van der Waals surface area contributed by atoms with Crippen LogP contribution in [-0.2, 0) is 9.53 Å². The number of carbonyl (C=O) groups excluding carboxylic acids is 2. The van der Waals surface area contributed by atoms with Crippen molar-refractivity contribution < 1.29 is 18.7 Å². The van der Waals surface area contributed by atoms with E-state index in [0.717, 1.165) is 64.8 Å². The van der Waals surface area contributed by atoms with Crippen LogP contribution >= 0.6 is 0 Å². The number of ether oxygens (including phenoxy) is 1. The molecule has 2 heterocycles. The van der Waals surface area contributed by atoms with Crippen molar-refractivity contribution in [2.75, 3.05) is 43.5 Å². The van der Waals surface area contributed by atoms with Gasteiger partial charge in [0.2, 0.25) is 5.91 Å². The first-order valence-corrected chi connectivity index (χ1v) is 12.1. The Bertz CT molecular complexity index is 771. The number of hydrogen-bond acceptors (Lipinski definition) is 4. The monoisotopic (exact) mass is 446 g/mol. The van der Waals surface area contributed by atoms with Gasteiger partial charge in [0.25, 0.3) is 0 Å². The van der Waals surface area contributed by atoms with E-state index in [1.165, 1.54) is 31.0 Å². The molecule has 0 radical (unpaired) electrons. The lowest BCUT2D eigenvalue weighted by Crippen LogP contribution is -2.48. The normalized spacial score (nSPS) is 23.1. The van der Waals surface area contributed by atoms with Crippen LogP contribution in [0.15, 0.2) is 18.2 Å².